The second kappa shape index (κ2) is 8.75. The van der Waals surface area contributed by atoms with E-state index < -0.39 is 12.0 Å². The van der Waals surface area contributed by atoms with Crippen LogP contribution in [0.4, 0.5) is 0 Å². The van der Waals surface area contributed by atoms with Crippen molar-refractivity contribution in [2.75, 3.05) is 12.9 Å². The van der Waals surface area contributed by atoms with Crippen LogP contribution in [0.3, 0.4) is 0 Å². The van der Waals surface area contributed by atoms with E-state index in [1.165, 1.54) is 18.9 Å². The van der Waals surface area contributed by atoms with Crippen molar-refractivity contribution in [3.05, 3.63) is 77.0 Å². The normalized spacial score (nSPS) is 18.6. The lowest BCUT2D eigenvalue weighted by Crippen LogP contribution is -2.45. The highest BCUT2D eigenvalue weighted by Crippen LogP contribution is 2.40. The van der Waals surface area contributed by atoms with Crippen molar-refractivity contribution >= 4 is 28.8 Å². The first-order valence-corrected chi connectivity index (χ1v) is 10.7. The quantitative estimate of drug-likeness (QED) is 0.679. The largest absolute Gasteiger partial charge is 0.489 e. The van der Waals surface area contributed by atoms with Gasteiger partial charge in [-0.3, -0.25) is 9.69 Å². The third-order valence-corrected chi connectivity index (χ3v) is 6.01. The summed E-state index contributed by atoms with van der Waals surface area (Å²) >= 11 is 1.53. The molecule has 0 spiro atoms. The molecule has 2 aliphatic rings. The Morgan fingerprint density at radius 3 is 2.60 bits per heavy atom. The second-order valence-electron chi connectivity index (χ2n) is 6.99. The van der Waals surface area contributed by atoms with Crippen LogP contribution in [0.1, 0.15) is 30.5 Å². The van der Waals surface area contributed by atoms with Crippen LogP contribution in [-0.2, 0) is 20.9 Å². The van der Waals surface area contributed by atoms with Crippen LogP contribution in [0, 0.1) is 0 Å². The summed E-state index contributed by atoms with van der Waals surface area (Å²) in [5, 5.41) is 0.630. The number of amidine groups is 1. The van der Waals surface area contributed by atoms with E-state index in [1.54, 1.807) is 11.8 Å². The average molecular weight is 423 g/mol. The zero-order valence-corrected chi connectivity index (χ0v) is 17.6. The lowest BCUT2D eigenvalue weighted by atomic mass is 9.94. The van der Waals surface area contributed by atoms with E-state index >= 15 is 0 Å². The van der Waals surface area contributed by atoms with Gasteiger partial charge in [0.15, 0.2) is 5.17 Å². The standard InChI is InChI=1S/C23H22N2O4S/c1-15-20(22(27)28-2)21(25-19(26)12-13-30-23(25)24-15)17-8-10-18(11-9-17)29-14-16-6-4-3-5-7-16/h3-11,21H,12-14H2,1-2H3/t21-/m0/s1. The van der Waals surface area contributed by atoms with E-state index in [0.717, 1.165) is 11.1 Å². The molecule has 6 nitrogen and oxygen atoms in total. The molecule has 1 saturated heterocycles. The minimum absolute atomic E-state index is 0.0455. The van der Waals surface area contributed by atoms with Crippen molar-refractivity contribution < 1.29 is 19.1 Å². The van der Waals surface area contributed by atoms with Crippen LogP contribution in [0.25, 0.3) is 0 Å². The number of ether oxygens (including phenoxy) is 2. The summed E-state index contributed by atoms with van der Waals surface area (Å²) in [4.78, 5) is 31.4. The van der Waals surface area contributed by atoms with Crippen LogP contribution in [0.5, 0.6) is 5.75 Å². The Labute approximate surface area is 179 Å². The van der Waals surface area contributed by atoms with Crippen molar-refractivity contribution in [2.24, 2.45) is 4.99 Å². The molecular weight excluding hydrogens is 400 g/mol. The zero-order chi connectivity index (χ0) is 21.1. The molecule has 1 atom stereocenters. The molecule has 2 aromatic carbocycles. The number of methoxy groups -OCH3 is 1. The van der Waals surface area contributed by atoms with Crippen LogP contribution >= 0.6 is 11.8 Å². The lowest BCUT2D eigenvalue weighted by Gasteiger charge is -2.38. The molecular formula is C23H22N2O4S. The van der Waals surface area contributed by atoms with Gasteiger partial charge in [0.05, 0.1) is 24.4 Å². The van der Waals surface area contributed by atoms with Crippen molar-refractivity contribution in [1.82, 2.24) is 4.90 Å². The van der Waals surface area contributed by atoms with Crippen LogP contribution < -0.4 is 4.74 Å². The molecule has 1 fully saturated rings. The molecule has 1 amide bonds. The minimum Gasteiger partial charge on any atom is -0.489 e. The van der Waals surface area contributed by atoms with Gasteiger partial charge in [0.25, 0.3) is 0 Å². The molecule has 0 unspecified atom stereocenters. The molecule has 4 rings (SSSR count). The molecule has 0 N–H and O–H groups in total. The van der Waals surface area contributed by atoms with Gasteiger partial charge in [0, 0.05) is 12.2 Å². The Bertz CT molecular complexity index is 1020. The van der Waals surface area contributed by atoms with Gasteiger partial charge >= 0.3 is 5.97 Å². The SMILES string of the molecule is COC(=O)C1=C(C)N=C2SCCC(=O)N2[C@H]1c1ccc(OCc2ccccc2)cc1. The maximum absolute atomic E-state index is 12.7. The summed E-state index contributed by atoms with van der Waals surface area (Å²) in [6.07, 6.45) is 0.409. The van der Waals surface area contributed by atoms with Gasteiger partial charge in [-0.2, -0.15) is 0 Å². The first-order valence-electron chi connectivity index (χ1n) is 9.68. The van der Waals surface area contributed by atoms with Crippen LogP contribution in [-0.4, -0.2) is 34.8 Å². The summed E-state index contributed by atoms with van der Waals surface area (Å²) in [5.74, 6) is 0.879. The van der Waals surface area contributed by atoms with Gasteiger partial charge in [0.2, 0.25) is 5.91 Å². The Kier molecular flexibility index (Phi) is 5.90. The number of esters is 1. The molecule has 0 aliphatic carbocycles. The highest BCUT2D eigenvalue weighted by Gasteiger charge is 2.41. The summed E-state index contributed by atoms with van der Waals surface area (Å²) in [7, 11) is 1.34. The average Bonchev–Trinajstić information content (AvgIpc) is 2.77. The van der Waals surface area contributed by atoms with Crippen molar-refractivity contribution in [2.45, 2.75) is 26.0 Å². The Hall–Kier alpha value is -3.06. The highest BCUT2D eigenvalue weighted by atomic mass is 32.2. The summed E-state index contributed by atoms with van der Waals surface area (Å²) < 4.78 is 10.9. The fraction of sp³-hybridized carbons (Fsp3) is 0.261. The summed E-state index contributed by atoms with van der Waals surface area (Å²) in [6, 6.07) is 16.8. The van der Waals surface area contributed by atoms with Crippen LogP contribution in [0.15, 0.2) is 70.9 Å². The molecule has 0 saturated carbocycles. The highest BCUT2D eigenvalue weighted by molar-refractivity contribution is 8.14. The van der Waals surface area contributed by atoms with Gasteiger partial charge in [-0.05, 0) is 30.2 Å². The van der Waals surface area contributed by atoms with E-state index in [-0.39, 0.29) is 5.91 Å². The van der Waals surface area contributed by atoms with E-state index in [1.807, 2.05) is 54.6 Å². The van der Waals surface area contributed by atoms with Gasteiger partial charge in [0.1, 0.15) is 12.4 Å². The lowest BCUT2D eigenvalue weighted by molar-refractivity contribution is -0.137. The fourth-order valence-electron chi connectivity index (χ4n) is 3.57. The molecule has 2 aromatic rings. The van der Waals surface area contributed by atoms with E-state index in [4.69, 9.17) is 9.47 Å². The number of carbonyl (C=O) groups is 2. The van der Waals surface area contributed by atoms with Crippen molar-refractivity contribution in [1.29, 1.82) is 0 Å². The molecule has 30 heavy (non-hydrogen) atoms. The topological polar surface area (TPSA) is 68.2 Å². The molecule has 2 heterocycles. The number of allylic oxidation sites excluding steroid dienone is 1. The monoisotopic (exact) mass is 422 g/mol. The summed E-state index contributed by atoms with van der Waals surface area (Å²) in [5.41, 5.74) is 2.85. The number of rotatable bonds is 5. The number of thioether (sulfide) groups is 1. The van der Waals surface area contributed by atoms with Crippen molar-refractivity contribution in [3.8, 4) is 5.75 Å². The van der Waals surface area contributed by atoms with Crippen molar-refractivity contribution in [3.63, 3.8) is 0 Å². The minimum atomic E-state index is -0.562. The number of hydrogen-bond donors (Lipinski definition) is 0. The molecule has 2 aliphatic heterocycles. The second-order valence-corrected chi connectivity index (χ2v) is 8.06. The number of hydrogen-bond acceptors (Lipinski definition) is 6. The van der Waals surface area contributed by atoms with E-state index in [2.05, 4.69) is 4.99 Å². The number of aliphatic imine (C=N–C) groups is 1. The van der Waals surface area contributed by atoms with Crippen LogP contribution in [0.2, 0.25) is 0 Å². The molecule has 7 heteroatoms. The number of nitrogens with zero attached hydrogens (tertiary/aromatic N) is 2. The van der Waals surface area contributed by atoms with E-state index in [9.17, 15) is 9.59 Å². The Morgan fingerprint density at radius 2 is 1.90 bits per heavy atom. The number of amides is 1. The molecule has 0 bridgehead atoms. The fourth-order valence-corrected chi connectivity index (χ4v) is 4.58. The number of benzene rings is 2. The molecule has 0 radical (unpaired) electrons. The predicted molar refractivity (Wildman–Crippen MR) is 116 cm³/mol. The third-order valence-electron chi connectivity index (χ3n) is 5.06. The maximum atomic E-state index is 12.7. The van der Waals surface area contributed by atoms with Gasteiger partial charge in [-0.25, -0.2) is 9.79 Å². The first-order chi connectivity index (χ1) is 14.6. The third kappa shape index (κ3) is 3.98. The van der Waals surface area contributed by atoms with Gasteiger partial charge in [-0.1, -0.05) is 54.2 Å². The number of fused-ring (bicyclic) bond motifs is 1. The number of carbonyl (C=O) groups excluding carboxylic acids is 2. The van der Waals surface area contributed by atoms with Gasteiger partial charge in [-0.15, -0.1) is 0 Å². The first kappa shape index (κ1) is 20.2. The Balaban J connectivity index is 1.63. The Morgan fingerprint density at radius 1 is 1.17 bits per heavy atom. The zero-order valence-electron chi connectivity index (χ0n) is 16.8. The summed E-state index contributed by atoms with van der Waals surface area (Å²) in [6.45, 7) is 2.24. The smallest absolute Gasteiger partial charge is 0.338 e. The molecule has 154 valence electrons. The maximum Gasteiger partial charge on any atom is 0.338 e. The molecule has 0 aromatic heterocycles. The van der Waals surface area contributed by atoms with Gasteiger partial charge < -0.3 is 9.47 Å². The predicted octanol–water partition coefficient (Wildman–Crippen LogP) is 4.09. The van der Waals surface area contributed by atoms with E-state index in [0.29, 0.717) is 41.0 Å².